The molecular weight excluding hydrogens is 213 g/mol. The van der Waals surface area contributed by atoms with Crippen molar-refractivity contribution in [2.24, 2.45) is 0 Å². The number of fused-ring (bicyclic) bond motifs is 2. The minimum Gasteiger partial charge on any atom is -0.302 e. The van der Waals surface area contributed by atoms with E-state index in [0.29, 0.717) is 3.42 Å². The molecule has 8 heavy (non-hydrogen) atoms. The van der Waals surface area contributed by atoms with Crippen LogP contribution in [0, 0.1) is 0 Å². The van der Waals surface area contributed by atoms with Gasteiger partial charge in [-0.05, 0) is 25.9 Å². The molecule has 0 spiro atoms. The fraction of sp³-hybridized carbons (Fsp3) is 1.00. The summed E-state index contributed by atoms with van der Waals surface area (Å²) < 4.78 is 0.706. The summed E-state index contributed by atoms with van der Waals surface area (Å²) in [4.78, 5) is 2.56. The van der Waals surface area contributed by atoms with Crippen LogP contribution in [0.1, 0.15) is 12.8 Å². The van der Waals surface area contributed by atoms with Gasteiger partial charge < -0.3 is 4.90 Å². The third-order valence-corrected chi connectivity index (χ3v) is 3.68. The van der Waals surface area contributed by atoms with Crippen LogP contribution in [-0.4, -0.2) is 28.0 Å². The highest BCUT2D eigenvalue weighted by Crippen LogP contribution is 2.39. The van der Waals surface area contributed by atoms with Gasteiger partial charge in [0.15, 0.2) is 0 Å². The normalized spacial score (nSPS) is 52.9. The highest BCUT2D eigenvalue weighted by Gasteiger charge is 2.40. The van der Waals surface area contributed by atoms with E-state index < -0.39 is 0 Å². The molecule has 0 aliphatic carbocycles. The van der Waals surface area contributed by atoms with E-state index >= 15 is 0 Å². The van der Waals surface area contributed by atoms with Crippen LogP contribution in [0.25, 0.3) is 0 Å². The largest absolute Gasteiger partial charge is 0.302 e. The molecule has 2 aliphatic rings. The van der Waals surface area contributed by atoms with Crippen molar-refractivity contribution in [2.75, 3.05) is 19.6 Å². The van der Waals surface area contributed by atoms with Crippen molar-refractivity contribution in [1.29, 1.82) is 0 Å². The molecule has 2 saturated heterocycles. The average Bonchev–Trinajstić information content (AvgIpc) is 2.21. The van der Waals surface area contributed by atoms with Crippen LogP contribution in [0.4, 0.5) is 0 Å². The predicted molar refractivity (Wildman–Crippen MR) is 42.4 cm³/mol. The average molecular weight is 223 g/mol. The summed E-state index contributed by atoms with van der Waals surface area (Å²) in [5.74, 6) is 0. The maximum Gasteiger partial charge on any atom is 0.0373 e. The molecule has 2 rings (SSSR count). The summed E-state index contributed by atoms with van der Waals surface area (Å²) in [5.41, 5.74) is 0. The van der Waals surface area contributed by atoms with E-state index in [1.54, 1.807) is 0 Å². The third kappa shape index (κ3) is 0.692. The standard InChI is InChI=1S/C6H10IN/c7-6-1-3-8(5-6)4-2-6/h1-5H2. The first-order valence-electron chi connectivity index (χ1n) is 3.20. The molecule has 0 unspecified atom stereocenters. The van der Waals surface area contributed by atoms with E-state index in [-0.39, 0.29) is 0 Å². The highest BCUT2D eigenvalue weighted by atomic mass is 127. The van der Waals surface area contributed by atoms with E-state index in [0.717, 1.165) is 0 Å². The van der Waals surface area contributed by atoms with Crippen LogP contribution in [0.2, 0.25) is 0 Å². The highest BCUT2D eigenvalue weighted by molar-refractivity contribution is 14.1. The Kier molecular flexibility index (Phi) is 1.09. The topological polar surface area (TPSA) is 3.24 Å². The number of halogens is 1. The molecule has 0 aromatic rings. The number of nitrogens with zero attached hydrogens (tertiary/aromatic N) is 1. The number of rotatable bonds is 0. The van der Waals surface area contributed by atoms with Crippen LogP contribution in [-0.2, 0) is 0 Å². The smallest absolute Gasteiger partial charge is 0.0373 e. The van der Waals surface area contributed by atoms with Gasteiger partial charge in [-0.3, -0.25) is 0 Å². The van der Waals surface area contributed by atoms with Gasteiger partial charge in [0.05, 0.1) is 0 Å². The van der Waals surface area contributed by atoms with E-state index in [2.05, 4.69) is 27.5 Å². The van der Waals surface area contributed by atoms with Gasteiger partial charge in [-0.25, -0.2) is 0 Å². The molecule has 0 N–H and O–H groups in total. The molecule has 0 aromatic carbocycles. The number of hydrogen-bond donors (Lipinski definition) is 0. The van der Waals surface area contributed by atoms with Gasteiger partial charge >= 0.3 is 0 Å². The van der Waals surface area contributed by atoms with Crippen molar-refractivity contribution < 1.29 is 0 Å². The van der Waals surface area contributed by atoms with E-state index in [4.69, 9.17) is 0 Å². The van der Waals surface area contributed by atoms with Gasteiger partial charge in [0.1, 0.15) is 0 Å². The second kappa shape index (κ2) is 1.59. The minimum absolute atomic E-state index is 0.706. The monoisotopic (exact) mass is 223 g/mol. The van der Waals surface area contributed by atoms with E-state index in [1.807, 2.05) is 0 Å². The number of hydrogen-bond acceptors (Lipinski definition) is 1. The molecule has 46 valence electrons. The SMILES string of the molecule is IC12CCN(CC1)C2. The lowest BCUT2D eigenvalue weighted by Crippen LogP contribution is -2.18. The van der Waals surface area contributed by atoms with Gasteiger partial charge in [-0.1, -0.05) is 22.6 Å². The van der Waals surface area contributed by atoms with Crippen molar-refractivity contribution >= 4 is 22.6 Å². The first kappa shape index (κ1) is 5.47. The maximum atomic E-state index is 2.63. The Morgan fingerprint density at radius 3 is 2.00 bits per heavy atom. The van der Waals surface area contributed by atoms with Crippen molar-refractivity contribution in [3.8, 4) is 0 Å². The second-order valence-corrected chi connectivity index (χ2v) is 5.22. The summed E-state index contributed by atoms with van der Waals surface area (Å²) in [6.45, 7) is 4.10. The summed E-state index contributed by atoms with van der Waals surface area (Å²) in [5, 5.41) is 0. The Labute approximate surface area is 63.6 Å². The molecule has 2 heterocycles. The van der Waals surface area contributed by atoms with Gasteiger partial charge in [0.25, 0.3) is 0 Å². The summed E-state index contributed by atoms with van der Waals surface area (Å²) in [6, 6.07) is 0. The van der Waals surface area contributed by atoms with Crippen molar-refractivity contribution in [1.82, 2.24) is 4.90 Å². The summed E-state index contributed by atoms with van der Waals surface area (Å²) >= 11 is 2.63. The molecule has 1 nitrogen and oxygen atoms in total. The lowest BCUT2D eigenvalue weighted by Gasteiger charge is -2.15. The van der Waals surface area contributed by atoms with Crippen LogP contribution < -0.4 is 0 Å². The van der Waals surface area contributed by atoms with Gasteiger partial charge in [-0.2, -0.15) is 0 Å². The van der Waals surface area contributed by atoms with Crippen LogP contribution >= 0.6 is 22.6 Å². The second-order valence-electron chi connectivity index (χ2n) is 2.93. The first-order valence-corrected chi connectivity index (χ1v) is 4.28. The zero-order valence-corrected chi connectivity index (χ0v) is 7.02. The Bertz CT molecular complexity index is 105. The molecule has 0 saturated carbocycles. The molecular formula is C6H10IN. The van der Waals surface area contributed by atoms with Gasteiger partial charge in [0, 0.05) is 9.97 Å². The Morgan fingerprint density at radius 2 is 1.88 bits per heavy atom. The van der Waals surface area contributed by atoms with Crippen molar-refractivity contribution in [3.63, 3.8) is 0 Å². The third-order valence-electron chi connectivity index (χ3n) is 2.26. The molecule has 0 aromatic heterocycles. The lowest BCUT2D eigenvalue weighted by atomic mass is 10.1. The van der Waals surface area contributed by atoms with Crippen LogP contribution in [0.5, 0.6) is 0 Å². The molecule has 2 aliphatic heterocycles. The Morgan fingerprint density at radius 1 is 1.25 bits per heavy atom. The molecule has 0 atom stereocenters. The van der Waals surface area contributed by atoms with Gasteiger partial charge in [0.2, 0.25) is 0 Å². The van der Waals surface area contributed by atoms with Gasteiger partial charge in [-0.15, -0.1) is 0 Å². The lowest BCUT2D eigenvalue weighted by molar-refractivity contribution is 0.370. The molecule has 2 bridgehead atoms. The van der Waals surface area contributed by atoms with E-state index in [9.17, 15) is 0 Å². The zero-order valence-electron chi connectivity index (χ0n) is 4.86. The minimum atomic E-state index is 0.706. The van der Waals surface area contributed by atoms with Crippen LogP contribution in [0.15, 0.2) is 0 Å². The zero-order chi connectivity index (χ0) is 5.61. The Hall–Kier alpha value is 0.690. The maximum absolute atomic E-state index is 2.63. The molecule has 2 heteroatoms. The van der Waals surface area contributed by atoms with Crippen molar-refractivity contribution in [3.05, 3.63) is 0 Å². The quantitative estimate of drug-likeness (QED) is 0.441. The van der Waals surface area contributed by atoms with E-state index in [1.165, 1.54) is 32.5 Å². The van der Waals surface area contributed by atoms with Crippen molar-refractivity contribution in [2.45, 2.75) is 16.3 Å². The molecule has 2 fully saturated rings. The number of piperidine rings is 1. The number of alkyl halides is 1. The fourth-order valence-corrected chi connectivity index (χ4v) is 2.64. The van der Waals surface area contributed by atoms with Crippen LogP contribution in [0.3, 0.4) is 0 Å². The summed E-state index contributed by atoms with van der Waals surface area (Å²) in [7, 11) is 0. The summed E-state index contributed by atoms with van der Waals surface area (Å²) in [6.07, 6.45) is 2.88. The molecule has 0 radical (unpaired) electrons. The predicted octanol–water partition coefficient (Wildman–Crippen LogP) is 1.27. The Balaban J connectivity index is 2.19. The first-order chi connectivity index (χ1) is 3.79. The fourth-order valence-electron chi connectivity index (χ4n) is 1.67. The molecule has 0 amide bonds.